The maximum absolute atomic E-state index is 6.77. The second kappa shape index (κ2) is 3.01. The summed E-state index contributed by atoms with van der Waals surface area (Å²) in [5.41, 5.74) is 0. The van der Waals surface area contributed by atoms with Gasteiger partial charge in [0.05, 0.1) is 14.2 Å². The van der Waals surface area contributed by atoms with Crippen LogP contribution in [0.15, 0.2) is 0 Å². The van der Waals surface area contributed by atoms with Gasteiger partial charge in [0.1, 0.15) is 0 Å². The molecule has 8 heavy (non-hydrogen) atoms. The van der Waals surface area contributed by atoms with Gasteiger partial charge in [-0.05, 0) is 0 Å². The van der Waals surface area contributed by atoms with E-state index in [2.05, 4.69) is 9.47 Å². The summed E-state index contributed by atoms with van der Waals surface area (Å²) in [5.74, 6) is -0.514. The number of rotatable bonds is 0. The summed E-state index contributed by atoms with van der Waals surface area (Å²) in [6, 6.07) is 0. The quantitative estimate of drug-likeness (QED) is 0.351. The molecule has 2 N–H and O–H groups in total. The van der Waals surface area contributed by atoms with E-state index >= 15 is 0 Å². The summed E-state index contributed by atoms with van der Waals surface area (Å²) >= 11 is 0. The first-order chi connectivity index (χ1) is 3.72. The number of methoxy groups -OCH3 is 2. The molecule has 4 nitrogen and oxygen atoms in total. The lowest BCUT2D eigenvalue weighted by molar-refractivity contribution is 0.363. The molecule has 0 saturated carbocycles. The predicted molar refractivity (Wildman–Crippen MR) is 29.5 cm³/mol. The van der Waals surface area contributed by atoms with Gasteiger partial charge in [0.15, 0.2) is 0 Å². The highest BCUT2D eigenvalue weighted by atomic mass is 16.5. The number of ether oxygens (including phenoxy) is 2. The Kier molecular flexibility index (Phi) is 2.61. The second-order valence-corrected chi connectivity index (χ2v) is 1.07. The summed E-state index contributed by atoms with van der Waals surface area (Å²) in [5, 5.41) is 13.5. The number of hydrogen-bond donors (Lipinski definition) is 2. The van der Waals surface area contributed by atoms with Gasteiger partial charge in [-0.1, -0.05) is 0 Å². The van der Waals surface area contributed by atoms with E-state index in [0.29, 0.717) is 0 Å². The van der Waals surface area contributed by atoms with Crippen LogP contribution in [0.1, 0.15) is 0 Å². The van der Waals surface area contributed by atoms with E-state index in [-0.39, 0.29) is 11.8 Å². The van der Waals surface area contributed by atoms with Crippen LogP contribution in [0.2, 0.25) is 0 Å². The zero-order chi connectivity index (χ0) is 6.57. The Balaban J connectivity index is 3.64. The Hall–Kier alpha value is -1.06. The molecule has 0 amide bonds. The van der Waals surface area contributed by atoms with Crippen LogP contribution >= 0.6 is 0 Å². The van der Waals surface area contributed by atoms with Crippen molar-refractivity contribution in [3.63, 3.8) is 0 Å². The van der Waals surface area contributed by atoms with Gasteiger partial charge in [-0.2, -0.15) is 0 Å². The van der Waals surface area contributed by atoms with E-state index in [4.69, 9.17) is 10.8 Å². The third-order valence-corrected chi connectivity index (χ3v) is 0.614. The minimum atomic E-state index is -0.257. The van der Waals surface area contributed by atoms with Crippen LogP contribution in [0.5, 0.6) is 0 Å². The van der Waals surface area contributed by atoms with Crippen molar-refractivity contribution in [1.29, 1.82) is 10.8 Å². The SMILES string of the molecule is COC(=N)C(=N)OC. The third-order valence-electron chi connectivity index (χ3n) is 0.614. The summed E-state index contributed by atoms with van der Waals surface area (Å²) in [6.45, 7) is 0. The molecule has 0 rings (SSSR count). The third kappa shape index (κ3) is 1.59. The molecule has 0 spiro atoms. The van der Waals surface area contributed by atoms with Gasteiger partial charge in [-0.15, -0.1) is 0 Å². The molecule has 0 fully saturated rings. The zero-order valence-corrected chi connectivity index (χ0v) is 4.82. The first-order valence-corrected chi connectivity index (χ1v) is 1.97. The van der Waals surface area contributed by atoms with E-state index in [1.807, 2.05) is 0 Å². The van der Waals surface area contributed by atoms with E-state index in [0.717, 1.165) is 0 Å². The van der Waals surface area contributed by atoms with E-state index in [1.54, 1.807) is 0 Å². The molecule has 4 heteroatoms. The Bertz CT molecular complexity index is 96.6. The number of hydrogen-bond acceptors (Lipinski definition) is 4. The minimum Gasteiger partial charge on any atom is -0.478 e. The molecule has 0 aromatic carbocycles. The maximum atomic E-state index is 6.77. The maximum Gasteiger partial charge on any atom is 0.269 e. The molecule has 0 heterocycles. The van der Waals surface area contributed by atoms with Crippen molar-refractivity contribution in [2.45, 2.75) is 0 Å². The normalized spacial score (nSPS) is 7.75. The monoisotopic (exact) mass is 116 g/mol. The standard InChI is InChI=1S/C4H8N2O2/c1-7-3(5)4(6)8-2/h5-6H,1-2H3. The van der Waals surface area contributed by atoms with Gasteiger partial charge in [-0.25, -0.2) is 0 Å². The van der Waals surface area contributed by atoms with Crippen molar-refractivity contribution < 1.29 is 9.47 Å². The van der Waals surface area contributed by atoms with Gasteiger partial charge in [0.25, 0.3) is 11.8 Å². The van der Waals surface area contributed by atoms with Crippen molar-refractivity contribution in [1.82, 2.24) is 0 Å². The van der Waals surface area contributed by atoms with Crippen LogP contribution in [-0.4, -0.2) is 26.0 Å². The summed E-state index contributed by atoms with van der Waals surface area (Å²) < 4.78 is 8.67. The van der Waals surface area contributed by atoms with Crippen LogP contribution in [0.25, 0.3) is 0 Å². The first-order valence-electron chi connectivity index (χ1n) is 1.97. The Morgan fingerprint density at radius 1 is 1.00 bits per heavy atom. The van der Waals surface area contributed by atoms with E-state index in [1.165, 1.54) is 14.2 Å². The van der Waals surface area contributed by atoms with Crippen molar-refractivity contribution in [2.75, 3.05) is 14.2 Å². The lowest BCUT2D eigenvalue weighted by Crippen LogP contribution is -2.14. The largest absolute Gasteiger partial charge is 0.478 e. The molecule has 46 valence electrons. The topological polar surface area (TPSA) is 66.2 Å². The molecule has 0 aliphatic rings. The van der Waals surface area contributed by atoms with E-state index < -0.39 is 0 Å². The van der Waals surface area contributed by atoms with Crippen LogP contribution in [0.4, 0.5) is 0 Å². The highest BCUT2D eigenvalue weighted by Crippen LogP contribution is 1.77. The van der Waals surface area contributed by atoms with Crippen LogP contribution in [0, 0.1) is 10.8 Å². The Morgan fingerprint density at radius 2 is 1.25 bits per heavy atom. The molecule has 0 aliphatic heterocycles. The van der Waals surface area contributed by atoms with Crippen molar-refractivity contribution in [2.24, 2.45) is 0 Å². The average molecular weight is 116 g/mol. The predicted octanol–water partition coefficient (Wildman–Crippen LogP) is 0.234. The summed E-state index contributed by atoms with van der Waals surface area (Å²) in [6.07, 6.45) is 0. The molecule has 0 aromatic heterocycles. The Morgan fingerprint density at radius 3 is 1.38 bits per heavy atom. The molecule has 0 atom stereocenters. The first kappa shape index (κ1) is 6.94. The van der Waals surface area contributed by atoms with Gasteiger partial charge in [-0.3, -0.25) is 10.8 Å². The lowest BCUT2D eigenvalue weighted by Gasteiger charge is -1.99. The van der Waals surface area contributed by atoms with Gasteiger partial charge < -0.3 is 9.47 Å². The fraction of sp³-hybridized carbons (Fsp3) is 0.500. The highest BCUT2D eigenvalue weighted by molar-refractivity contribution is 6.32. The average Bonchev–Trinajstić information content (AvgIpc) is 1.84. The van der Waals surface area contributed by atoms with Crippen molar-refractivity contribution >= 4 is 11.8 Å². The minimum absolute atomic E-state index is 0.257. The molecule has 0 aromatic rings. The molecule has 0 radical (unpaired) electrons. The van der Waals surface area contributed by atoms with Crippen LogP contribution < -0.4 is 0 Å². The molecule has 0 bridgehead atoms. The molecular formula is C4H8N2O2. The van der Waals surface area contributed by atoms with Gasteiger partial charge >= 0.3 is 0 Å². The summed E-state index contributed by atoms with van der Waals surface area (Å²) in [7, 11) is 2.63. The van der Waals surface area contributed by atoms with E-state index in [9.17, 15) is 0 Å². The number of nitrogens with one attached hydrogen (secondary N) is 2. The second-order valence-electron chi connectivity index (χ2n) is 1.07. The van der Waals surface area contributed by atoms with Crippen molar-refractivity contribution in [3.8, 4) is 0 Å². The van der Waals surface area contributed by atoms with Crippen LogP contribution in [0.3, 0.4) is 0 Å². The smallest absolute Gasteiger partial charge is 0.269 e. The Labute approximate surface area is 47.4 Å². The van der Waals surface area contributed by atoms with Crippen molar-refractivity contribution in [3.05, 3.63) is 0 Å². The molecular weight excluding hydrogens is 108 g/mol. The molecule has 0 unspecified atom stereocenters. The zero-order valence-electron chi connectivity index (χ0n) is 4.82. The molecule has 0 saturated heterocycles. The molecule has 0 aliphatic carbocycles. The fourth-order valence-electron chi connectivity index (χ4n) is 0.185. The highest BCUT2D eigenvalue weighted by Gasteiger charge is 2.00. The van der Waals surface area contributed by atoms with Gasteiger partial charge in [0, 0.05) is 0 Å². The van der Waals surface area contributed by atoms with Gasteiger partial charge in [0.2, 0.25) is 0 Å². The van der Waals surface area contributed by atoms with Crippen LogP contribution in [-0.2, 0) is 9.47 Å². The fourth-order valence-corrected chi connectivity index (χ4v) is 0.185. The lowest BCUT2D eigenvalue weighted by atomic mass is 10.6. The summed E-state index contributed by atoms with van der Waals surface area (Å²) in [4.78, 5) is 0.